The molecule has 0 saturated carbocycles. The van der Waals surface area contributed by atoms with E-state index >= 15 is 0 Å². The van der Waals surface area contributed by atoms with Crippen molar-refractivity contribution < 1.29 is 4.79 Å². The molecule has 0 aliphatic carbocycles. The largest absolute Gasteiger partial charge is 0.324 e. The van der Waals surface area contributed by atoms with Crippen LogP contribution in [-0.4, -0.2) is 15.7 Å². The van der Waals surface area contributed by atoms with Crippen molar-refractivity contribution in [1.82, 2.24) is 9.78 Å². The maximum atomic E-state index is 12.6. The molecule has 26 heavy (non-hydrogen) atoms. The van der Waals surface area contributed by atoms with Crippen LogP contribution in [0.1, 0.15) is 5.69 Å². The van der Waals surface area contributed by atoms with Crippen LogP contribution in [0.5, 0.6) is 0 Å². The number of carbonyl (C=O) groups excluding carboxylic acids is 1. The molecule has 0 spiro atoms. The van der Waals surface area contributed by atoms with Gasteiger partial charge < -0.3 is 5.32 Å². The second-order valence-electron chi connectivity index (χ2n) is 6.17. The Kier molecular flexibility index (Phi) is 3.97. The summed E-state index contributed by atoms with van der Waals surface area (Å²) in [7, 11) is 0. The number of aryl methyl sites for hydroxylation is 1. The minimum Gasteiger partial charge on any atom is -0.324 e. The Balaban J connectivity index is 1.66. The van der Waals surface area contributed by atoms with Gasteiger partial charge in [0.2, 0.25) is 5.91 Å². The van der Waals surface area contributed by atoms with Gasteiger partial charge in [0.1, 0.15) is 6.54 Å². The van der Waals surface area contributed by atoms with Gasteiger partial charge in [0.05, 0.1) is 11.1 Å². The van der Waals surface area contributed by atoms with Gasteiger partial charge in [-0.05, 0) is 24.4 Å². The number of hydrogen-bond acceptors (Lipinski definition) is 3. The van der Waals surface area contributed by atoms with Crippen LogP contribution >= 0.6 is 0 Å². The summed E-state index contributed by atoms with van der Waals surface area (Å²) < 4.78 is 1.22. The van der Waals surface area contributed by atoms with Crippen molar-refractivity contribution in [2.24, 2.45) is 0 Å². The molecular weight excluding hydrogens is 326 g/mol. The van der Waals surface area contributed by atoms with Crippen molar-refractivity contribution in [1.29, 1.82) is 0 Å². The summed E-state index contributed by atoms with van der Waals surface area (Å²) in [4.78, 5) is 25.1. The molecule has 5 nitrogen and oxygen atoms in total. The number of benzene rings is 3. The number of fused-ring (bicyclic) bond motifs is 2. The predicted octanol–water partition coefficient (Wildman–Crippen LogP) is 3.50. The van der Waals surface area contributed by atoms with E-state index < -0.39 is 0 Å². The maximum Gasteiger partial charge on any atom is 0.275 e. The van der Waals surface area contributed by atoms with Gasteiger partial charge >= 0.3 is 0 Å². The molecule has 0 fully saturated rings. The van der Waals surface area contributed by atoms with E-state index in [1.54, 1.807) is 6.07 Å². The normalized spacial score (nSPS) is 11.0. The third-order valence-corrected chi connectivity index (χ3v) is 4.41. The molecule has 5 heteroatoms. The van der Waals surface area contributed by atoms with Gasteiger partial charge in [0, 0.05) is 16.5 Å². The highest BCUT2D eigenvalue weighted by molar-refractivity contribution is 6.02. The Hall–Kier alpha value is -3.47. The van der Waals surface area contributed by atoms with Gasteiger partial charge in [-0.15, -0.1) is 0 Å². The summed E-state index contributed by atoms with van der Waals surface area (Å²) in [5, 5.41) is 10.6. The number of amides is 1. The lowest BCUT2D eigenvalue weighted by Crippen LogP contribution is -2.30. The highest BCUT2D eigenvalue weighted by Gasteiger charge is 2.12. The van der Waals surface area contributed by atoms with Gasteiger partial charge in [-0.25, -0.2) is 4.68 Å². The van der Waals surface area contributed by atoms with Crippen LogP contribution < -0.4 is 10.9 Å². The highest BCUT2D eigenvalue weighted by Crippen LogP contribution is 2.22. The summed E-state index contributed by atoms with van der Waals surface area (Å²) in [5.74, 6) is -0.286. The first kappa shape index (κ1) is 16.0. The van der Waals surface area contributed by atoms with Crippen LogP contribution in [0.2, 0.25) is 0 Å². The van der Waals surface area contributed by atoms with Crippen molar-refractivity contribution in [3.8, 4) is 0 Å². The van der Waals surface area contributed by atoms with Gasteiger partial charge in [0.25, 0.3) is 5.56 Å². The molecule has 0 unspecified atom stereocenters. The van der Waals surface area contributed by atoms with Crippen molar-refractivity contribution in [2.45, 2.75) is 13.5 Å². The van der Waals surface area contributed by atoms with Crippen LogP contribution in [0.25, 0.3) is 21.5 Å². The van der Waals surface area contributed by atoms with E-state index in [0.29, 0.717) is 5.39 Å². The third kappa shape index (κ3) is 2.84. The fourth-order valence-electron chi connectivity index (χ4n) is 3.17. The van der Waals surface area contributed by atoms with E-state index in [2.05, 4.69) is 10.4 Å². The molecule has 0 aliphatic rings. The van der Waals surface area contributed by atoms with E-state index in [0.717, 1.165) is 27.5 Å². The lowest BCUT2D eigenvalue weighted by molar-refractivity contribution is -0.117. The second kappa shape index (κ2) is 6.44. The lowest BCUT2D eigenvalue weighted by atomic mass is 10.1. The van der Waals surface area contributed by atoms with E-state index in [-0.39, 0.29) is 18.0 Å². The zero-order chi connectivity index (χ0) is 18.1. The number of anilines is 1. The molecule has 0 bridgehead atoms. The van der Waals surface area contributed by atoms with Crippen molar-refractivity contribution in [3.63, 3.8) is 0 Å². The molecule has 1 amide bonds. The minimum absolute atomic E-state index is 0.131. The Morgan fingerprint density at radius 2 is 1.58 bits per heavy atom. The third-order valence-electron chi connectivity index (χ3n) is 4.41. The minimum atomic E-state index is -0.286. The molecule has 4 rings (SSSR count). The molecule has 1 aromatic heterocycles. The summed E-state index contributed by atoms with van der Waals surface area (Å²) in [6.07, 6.45) is 0. The quantitative estimate of drug-likeness (QED) is 0.619. The first-order chi connectivity index (χ1) is 12.6. The first-order valence-corrected chi connectivity index (χ1v) is 8.37. The van der Waals surface area contributed by atoms with E-state index in [1.807, 2.05) is 67.6 Å². The molecule has 128 valence electrons. The summed E-state index contributed by atoms with van der Waals surface area (Å²) >= 11 is 0. The lowest BCUT2D eigenvalue weighted by Gasteiger charge is -2.11. The Labute approximate surface area is 149 Å². The molecular formula is C21H17N3O2. The van der Waals surface area contributed by atoms with E-state index in [4.69, 9.17) is 0 Å². The zero-order valence-electron chi connectivity index (χ0n) is 14.3. The van der Waals surface area contributed by atoms with Crippen molar-refractivity contribution in [3.05, 3.63) is 82.8 Å². The van der Waals surface area contributed by atoms with Crippen molar-refractivity contribution >= 4 is 33.1 Å². The van der Waals surface area contributed by atoms with Crippen LogP contribution in [0, 0.1) is 6.92 Å². The van der Waals surface area contributed by atoms with Gasteiger partial charge in [-0.2, -0.15) is 5.10 Å². The number of hydrogen-bond donors (Lipinski definition) is 1. The predicted molar refractivity (Wildman–Crippen MR) is 103 cm³/mol. The number of aromatic nitrogens is 2. The Bertz CT molecular complexity index is 1190. The standard InChI is InChI=1S/C21H17N3O2/c1-14-16-9-4-5-11-18(16)21(26)24(23-14)13-20(25)22-19-12-6-8-15-7-2-3-10-17(15)19/h2-12H,13H2,1H3,(H,22,25). The summed E-state index contributed by atoms with van der Waals surface area (Å²) in [6, 6.07) is 20.8. The van der Waals surface area contributed by atoms with Gasteiger partial charge in [-0.1, -0.05) is 54.6 Å². The van der Waals surface area contributed by atoms with Gasteiger partial charge in [0.15, 0.2) is 0 Å². The fraction of sp³-hybridized carbons (Fsp3) is 0.0952. The van der Waals surface area contributed by atoms with Crippen LogP contribution in [0.15, 0.2) is 71.5 Å². The molecule has 0 radical (unpaired) electrons. The topological polar surface area (TPSA) is 64.0 Å². The number of nitrogens with zero attached hydrogens (tertiary/aromatic N) is 2. The smallest absolute Gasteiger partial charge is 0.275 e. The first-order valence-electron chi connectivity index (χ1n) is 8.37. The van der Waals surface area contributed by atoms with Crippen LogP contribution in [0.3, 0.4) is 0 Å². The second-order valence-corrected chi connectivity index (χ2v) is 6.17. The zero-order valence-corrected chi connectivity index (χ0v) is 14.3. The fourth-order valence-corrected chi connectivity index (χ4v) is 3.17. The number of nitrogens with one attached hydrogen (secondary N) is 1. The number of carbonyl (C=O) groups is 1. The van der Waals surface area contributed by atoms with Crippen LogP contribution in [0.4, 0.5) is 5.69 Å². The summed E-state index contributed by atoms with van der Waals surface area (Å²) in [6.45, 7) is 1.70. The SMILES string of the molecule is Cc1nn(CC(=O)Nc2cccc3ccccc23)c(=O)c2ccccc12. The van der Waals surface area contributed by atoms with E-state index in [9.17, 15) is 9.59 Å². The van der Waals surface area contributed by atoms with Crippen LogP contribution in [-0.2, 0) is 11.3 Å². The monoisotopic (exact) mass is 343 g/mol. The molecule has 1 heterocycles. The average molecular weight is 343 g/mol. The molecule has 0 saturated heterocycles. The number of rotatable bonds is 3. The molecule has 1 N–H and O–H groups in total. The Morgan fingerprint density at radius 1 is 0.923 bits per heavy atom. The molecule has 3 aromatic carbocycles. The molecule has 0 atom stereocenters. The Morgan fingerprint density at radius 3 is 2.38 bits per heavy atom. The average Bonchev–Trinajstić information content (AvgIpc) is 2.66. The summed E-state index contributed by atoms with van der Waals surface area (Å²) in [5.41, 5.74) is 1.18. The molecule has 0 aliphatic heterocycles. The molecule has 4 aromatic rings. The maximum absolute atomic E-state index is 12.6. The van der Waals surface area contributed by atoms with E-state index in [1.165, 1.54) is 4.68 Å². The van der Waals surface area contributed by atoms with Crippen molar-refractivity contribution in [2.75, 3.05) is 5.32 Å². The van der Waals surface area contributed by atoms with Gasteiger partial charge in [-0.3, -0.25) is 9.59 Å². The highest BCUT2D eigenvalue weighted by atomic mass is 16.2.